The Balaban J connectivity index is 2.28. The molecule has 0 spiro atoms. The van der Waals surface area contributed by atoms with Gasteiger partial charge in [0.05, 0.1) is 0 Å². The SMILES string of the molecule is CNC(C)c1cc(Br)ccc1Sc1nnc(SC)s1. The second kappa shape index (κ2) is 7.08. The fourth-order valence-corrected chi connectivity index (χ4v) is 4.50. The zero-order chi connectivity index (χ0) is 13.8. The van der Waals surface area contributed by atoms with E-state index in [-0.39, 0.29) is 0 Å². The molecule has 0 amide bonds. The van der Waals surface area contributed by atoms with Crippen molar-refractivity contribution >= 4 is 50.8 Å². The highest BCUT2D eigenvalue weighted by molar-refractivity contribution is 9.10. The van der Waals surface area contributed by atoms with Gasteiger partial charge in [0.15, 0.2) is 8.68 Å². The van der Waals surface area contributed by atoms with Crippen molar-refractivity contribution in [3.8, 4) is 0 Å². The highest BCUT2D eigenvalue weighted by Crippen LogP contribution is 2.37. The number of nitrogens with zero attached hydrogens (tertiary/aromatic N) is 2. The van der Waals surface area contributed by atoms with E-state index in [2.05, 4.69) is 56.6 Å². The number of aromatic nitrogens is 2. The Morgan fingerprint density at radius 1 is 1.32 bits per heavy atom. The van der Waals surface area contributed by atoms with Crippen LogP contribution in [0.5, 0.6) is 0 Å². The van der Waals surface area contributed by atoms with Crippen molar-refractivity contribution in [2.45, 2.75) is 26.5 Å². The molecule has 0 radical (unpaired) electrons. The number of halogens is 1. The second-order valence-electron chi connectivity index (χ2n) is 3.83. The van der Waals surface area contributed by atoms with Gasteiger partial charge in [0, 0.05) is 15.4 Å². The van der Waals surface area contributed by atoms with Crippen molar-refractivity contribution < 1.29 is 0 Å². The third-order valence-corrected chi connectivity index (χ3v) is 6.17. The molecular weight excluding hydrogens is 362 g/mol. The normalized spacial score (nSPS) is 12.6. The quantitative estimate of drug-likeness (QED) is 0.781. The first-order chi connectivity index (χ1) is 9.13. The molecule has 0 fully saturated rings. The van der Waals surface area contributed by atoms with Gasteiger partial charge in [-0.2, -0.15) is 0 Å². The van der Waals surface area contributed by atoms with Crippen LogP contribution in [0.25, 0.3) is 0 Å². The summed E-state index contributed by atoms with van der Waals surface area (Å²) in [5.74, 6) is 0. The Bertz CT molecular complexity index is 559. The maximum Gasteiger partial charge on any atom is 0.179 e. The van der Waals surface area contributed by atoms with Crippen molar-refractivity contribution in [2.24, 2.45) is 0 Å². The molecule has 7 heteroatoms. The van der Waals surface area contributed by atoms with E-state index in [1.54, 1.807) is 34.9 Å². The van der Waals surface area contributed by atoms with Gasteiger partial charge in [-0.1, -0.05) is 50.8 Å². The predicted molar refractivity (Wildman–Crippen MR) is 87.4 cm³/mol. The highest BCUT2D eigenvalue weighted by Gasteiger charge is 2.13. The van der Waals surface area contributed by atoms with E-state index in [0.29, 0.717) is 6.04 Å². The molecule has 1 unspecified atom stereocenters. The second-order valence-corrected chi connectivity index (χ2v) is 8.07. The Hall–Kier alpha value is -0.0800. The summed E-state index contributed by atoms with van der Waals surface area (Å²) in [6.45, 7) is 2.15. The fraction of sp³-hybridized carbons (Fsp3) is 0.333. The van der Waals surface area contributed by atoms with Crippen LogP contribution >= 0.6 is 50.8 Å². The van der Waals surface area contributed by atoms with Crippen molar-refractivity contribution in [3.05, 3.63) is 28.2 Å². The van der Waals surface area contributed by atoms with Crippen molar-refractivity contribution in [1.29, 1.82) is 0 Å². The minimum Gasteiger partial charge on any atom is -0.313 e. The smallest absolute Gasteiger partial charge is 0.179 e. The molecule has 3 nitrogen and oxygen atoms in total. The molecule has 0 aliphatic carbocycles. The minimum atomic E-state index is 0.299. The van der Waals surface area contributed by atoms with Crippen LogP contribution in [0.15, 0.2) is 36.2 Å². The number of rotatable bonds is 5. The average Bonchev–Trinajstić information content (AvgIpc) is 2.87. The van der Waals surface area contributed by atoms with E-state index in [1.807, 2.05) is 13.3 Å². The van der Waals surface area contributed by atoms with Gasteiger partial charge in [0.2, 0.25) is 0 Å². The molecule has 2 rings (SSSR count). The number of hydrogen-bond donors (Lipinski definition) is 1. The molecule has 1 aromatic carbocycles. The summed E-state index contributed by atoms with van der Waals surface area (Å²) in [5.41, 5.74) is 1.27. The maximum atomic E-state index is 4.21. The summed E-state index contributed by atoms with van der Waals surface area (Å²) in [6, 6.07) is 6.64. The topological polar surface area (TPSA) is 37.8 Å². The van der Waals surface area contributed by atoms with Crippen LogP contribution in [0.2, 0.25) is 0 Å². The van der Waals surface area contributed by atoms with Crippen molar-refractivity contribution in [3.63, 3.8) is 0 Å². The summed E-state index contributed by atoms with van der Waals surface area (Å²) in [4.78, 5) is 1.22. The van der Waals surface area contributed by atoms with E-state index in [9.17, 15) is 0 Å². The molecule has 0 aliphatic heterocycles. The molecule has 1 N–H and O–H groups in total. The fourth-order valence-electron chi connectivity index (χ4n) is 1.52. The predicted octanol–water partition coefficient (Wildman–Crippen LogP) is 4.45. The average molecular weight is 376 g/mol. The van der Waals surface area contributed by atoms with Crippen LogP contribution < -0.4 is 5.32 Å². The summed E-state index contributed by atoms with van der Waals surface area (Å²) in [7, 11) is 1.97. The summed E-state index contributed by atoms with van der Waals surface area (Å²) in [6.07, 6.45) is 2.02. The third-order valence-electron chi connectivity index (χ3n) is 2.63. The van der Waals surface area contributed by atoms with Gasteiger partial charge in [0.1, 0.15) is 0 Å². The number of nitrogens with one attached hydrogen (secondary N) is 1. The Kier molecular flexibility index (Phi) is 5.70. The van der Waals surface area contributed by atoms with Gasteiger partial charge >= 0.3 is 0 Å². The van der Waals surface area contributed by atoms with Gasteiger partial charge in [-0.25, -0.2) is 0 Å². The molecule has 1 atom stereocenters. The maximum absolute atomic E-state index is 4.21. The highest BCUT2D eigenvalue weighted by atomic mass is 79.9. The largest absolute Gasteiger partial charge is 0.313 e. The Labute approximate surface area is 134 Å². The van der Waals surface area contributed by atoms with Crippen LogP contribution in [0.4, 0.5) is 0 Å². The van der Waals surface area contributed by atoms with Gasteiger partial charge in [0.25, 0.3) is 0 Å². The summed E-state index contributed by atoms with van der Waals surface area (Å²) in [5, 5.41) is 11.6. The third kappa shape index (κ3) is 3.95. The van der Waals surface area contributed by atoms with Crippen molar-refractivity contribution in [1.82, 2.24) is 15.5 Å². The van der Waals surface area contributed by atoms with Crippen LogP contribution in [0, 0.1) is 0 Å². The lowest BCUT2D eigenvalue weighted by Gasteiger charge is -2.15. The number of benzene rings is 1. The zero-order valence-electron chi connectivity index (χ0n) is 10.8. The number of thioether (sulfide) groups is 1. The lowest BCUT2D eigenvalue weighted by molar-refractivity contribution is 0.641. The van der Waals surface area contributed by atoms with E-state index in [4.69, 9.17) is 0 Å². The molecular formula is C12H14BrN3S3. The molecule has 0 bridgehead atoms. The first-order valence-corrected chi connectivity index (χ1v) is 9.31. The van der Waals surface area contributed by atoms with Crippen LogP contribution in [-0.2, 0) is 0 Å². The molecule has 1 aromatic heterocycles. The molecule has 0 aliphatic rings. The zero-order valence-corrected chi connectivity index (χ0v) is 14.8. The van der Waals surface area contributed by atoms with Gasteiger partial charge < -0.3 is 5.32 Å². The van der Waals surface area contributed by atoms with Gasteiger partial charge in [-0.05, 0) is 44.0 Å². The van der Waals surface area contributed by atoms with Gasteiger partial charge in [-0.3, -0.25) is 0 Å². The standard InChI is InChI=1S/C12H14BrN3S3/c1-7(14-2)9-6-8(13)4-5-10(9)18-12-16-15-11(17-3)19-12/h4-7,14H,1-3H3. The van der Waals surface area contributed by atoms with Crippen molar-refractivity contribution in [2.75, 3.05) is 13.3 Å². The van der Waals surface area contributed by atoms with Crippen LogP contribution in [0.1, 0.15) is 18.5 Å². The lowest BCUT2D eigenvalue weighted by Crippen LogP contribution is -2.13. The van der Waals surface area contributed by atoms with Crippen LogP contribution in [-0.4, -0.2) is 23.5 Å². The minimum absolute atomic E-state index is 0.299. The molecule has 0 saturated heterocycles. The van der Waals surface area contributed by atoms with E-state index < -0.39 is 0 Å². The molecule has 2 aromatic rings. The lowest BCUT2D eigenvalue weighted by atomic mass is 10.1. The Morgan fingerprint density at radius 2 is 2.05 bits per heavy atom. The molecule has 1 heterocycles. The van der Waals surface area contributed by atoms with Gasteiger partial charge in [-0.15, -0.1) is 10.2 Å². The molecule has 19 heavy (non-hydrogen) atoms. The molecule has 0 saturated carbocycles. The summed E-state index contributed by atoms with van der Waals surface area (Å²) < 4.78 is 3.08. The number of hydrogen-bond acceptors (Lipinski definition) is 6. The first kappa shape index (κ1) is 15.3. The Morgan fingerprint density at radius 3 is 2.68 bits per heavy atom. The monoisotopic (exact) mass is 375 g/mol. The summed E-state index contributed by atoms with van der Waals surface area (Å²) >= 11 is 8.46. The van der Waals surface area contributed by atoms with E-state index in [1.165, 1.54) is 10.5 Å². The van der Waals surface area contributed by atoms with E-state index >= 15 is 0 Å². The molecule has 102 valence electrons. The first-order valence-electron chi connectivity index (χ1n) is 5.66. The van der Waals surface area contributed by atoms with Crippen LogP contribution in [0.3, 0.4) is 0 Å². The van der Waals surface area contributed by atoms with E-state index in [0.717, 1.165) is 13.2 Å².